The van der Waals surface area contributed by atoms with Crippen molar-refractivity contribution in [1.29, 1.82) is 0 Å². The van der Waals surface area contributed by atoms with Gasteiger partial charge >= 0.3 is 0 Å². The van der Waals surface area contributed by atoms with Gasteiger partial charge in [0.05, 0.1) is 0 Å². The molecule has 1 saturated heterocycles. The number of aromatic nitrogens is 1. The minimum Gasteiger partial charge on any atom is -0.396 e. The predicted molar refractivity (Wildman–Crippen MR) is 79.6 cm³/mol. The van der Waals surface area contributed by atoms with Crippen LogP contribution in [0.15, 0.2) is 6.07 Å². The van der Waals surface area contributed by atoms with E-state index in [0.717, 1.165) is 38.3 Å². The lowest BCUT2D eigenvalue weighted by Crippen LogP contribution is -2.31. The monoisotopic (exact) mass is 299 g/mol. The topological polar surface area (TPSA) is 48.4 Å². The average Bonchev–Trinajstić information content (AvgIpc) is 2.92. The Morgan fingerprint density at radius 1 is 1.43 bits per heavy atom. The van der Waals surface area contributed by atoms with Crippen molar-refractivity contribution in [2.75, 3.05) is 29.9 Å². The molecule has 1 aromatic heterocycles. The summed E-state index contributed by atoms with van der Waals surface area (Å²) in [6.07, 6.45) is 4.25. The number of rotatable bonds is 7. The van der Waals surface area contributed by atoms with E-state index in [-0.39, 0.29) is 24.3 Å². The van der Waals surface area contributed by atoms with Gasteiger partial charge in [0.1, 0.15) is 0 Å². The third kappa shape index (κ3) is 3.81. The summed E-state index contributed by atoms with van der Waals surface area (Å²) in [5, 5.41) is 11.8. The van der Waals surface area contributed by atoms with Gasteiger partial charge < -0.3 is 15.3 Å². The first kappa shape index (κ1) is 15.9. The summed E-state index contributed by atoms with van der Waals surface area (Å²) < 4.78 is 27.8. The maximum absolute atomic E-state index is 14.1. The summed E-state index contributed by atoms with van der Waals surface area (Å²) in [6.45, 7) is 3.43. The number of anilines is 2. The van der Waals surface area contributed by atoms with E-state index in [1.807, 2.05) is 11.8 Å². The van der Waals surface area contributed by atoms with Crippen LogP contribution in [0.4, 0.5) is 20.4 Å². The smallest absolute Gasteiger partial charge is 0.168 e. The molecule has 2 heterocycles. The fourth-order valence-electron chi connectivity index (χ4n) is 2.77. The average molecular weight is 299 g/mol. The summed E-state index contributed by atoms with van der Waals surface area (Å²) in [5.74, 6) is -0.947. The van der Waals surface area contributed by atoms with Gasteiger partial charge in [0.2, 0.25) is 0 Å². The number of pyridine rings is 1. The molecule has 1 atom stereocenters. The number of aliphatic hydroxyl groups excluding tert-OH is 1. The van der Waals surface area contributed by atoms with Gasteiger partial charge in [0.15, 0.2) is 23.3 Å². The van der Waals surface area contributed by atoms with Crippen molar-refractivity contribution in [3.05, 3.63) is 17.7 Å². The fourth-order valence-corrected chi connectivity index (χ4v) is 2.77. The van der Waals surface area contributed by atoms with Crippen LogP contribution < -0.4 is 10.2 Å². The molecule has 1 unspecified atom stereocenters. The van der Waals surface area contributed by atoms with E-state index in [4.69, 9.17) is 5.11 Å². The zero-order valence-corrected chi connectivity index (χ0v) is 12.4. The second-order valence-corrected chi connectivity index (χ2v) is 5.41. The van der Waals surface area contributed by atoms with Gasteiger partial charge in [-0.25, -0.2) is 13.8 Å². The predicted octanol–water partition coefficient (Wildman–Crippen LogP) is 2.92. The first-order chi connectivity index (χ1) is 10.2. The number of nitrogens with one attached hydrogen (secondary N) is 1. The summed E-state index contributed by atoms with van der Waals surface area (Å²) in [6, 6.07) is 1.07. The molecule has 6 heteroatoms. The lowest BCUT2D eigenvalue weighted by Gasteiger charge is -2.26. The van der Waals surface area contributed by atoms with E-state index in [2.05, 4.69) is 10.3 Å². The number of aliphatic hydroxyl groups is 1. The Bertz CT molecular complexity index is 470. The van der Waals surface area contributed by atoms with Gasteiger partial charge in [0.25, 0.3) is 0 Å². The maximum atomic E-state index is 14.1. The molecule has 118 valence electrons. The van der Waals surface area contributed by atoms with Crippen molar-refractivity contribution in [2.45, 2.75) is 45.1 Å². The van der Waals surface area contributed by atoms with Crippen LogP contribution in [-0.2, 0) is 0 Å². The molecule has 21 heavy (non-hydrogen) atoms. The van der Waals surface area contributed by atoms with Crippen molar-refractivity contribution in [2.24, 2.45) is 0 Å². The van der Waals surface area contributed by atoms with Crippen LogP contribution in [0, 0.1) is 11.6 Å². The molecule has 0 bridgehead atoms. The van der Waals surface area contributed by atoms with Crippen molar-refractivity contribution >= 4 is 11.6 Å². The molecule has 1 aliphatic rings. The molecular formula is C15H23F2N3O. The summed E-state index contributed by atoms with van der Waals surface area (Å²) >= 11 is 0. The SMILES string of the molecule is CCCNc1nc(N2CCCC2CCCO)c(F)cc1F. The lowest BCUT2D eigenvalue weighted by atomic mass is 10.1. The highest BCUT2D eigenvalue weighted by Gasteiger charge is 2.28. The summed E-state index contributed by atoms with van der Waals surface area (Å²) in [4.78, 5) is 6.06. The number of nitrogens with zero attached hydrogens (tertiary/aromatic N) is 2. The number of hydrogen-bond donors (Lipinski definition) is 2. The molecular weight excluding hydrogens is 276 g/mol. The van der Waals surface area contributed by atoms with Crippen molar-refractivity contribution < 1.29 is 13.9 Å². The summed E-state index contributed by atoms with van der Waals surface area (Å²) in [5.41, 5.74) is 0. The minimum absolute atomic E-state index is 0.112. The van der Waals surface area contributed by atoms with Crippen LogP contribution in [0.2, 0.25) is 0 Å². The van der Waals surface area contributed by atoms with Crippen LogP contribution in [-0.4, -0.2) is 35.8 Å². The zero-order valence-electron chi connectivity index (χ0n) is 12.4. The van der Waals surface area contributed by atoms with Crippen LogP contribution in [0.25, 0.3) is 0 Å². The molecule has 1 aliphatic heterocycles. The zero-order chi connectivity index (χ0) is 15.2. The standard InChI is InChI=1S/C15H23F2N3O/c1-2-7-18-14-12(16)10-13(17)15(19-14)20-8-3-5-11(20)6-4-9-21/h10-11,21H,2-9H2,1H3,(H,18,19). The second kappa shape index (κ2) is 7.54. The first-order valence-corrected chi connectivity index (χ1v) is 7.64. The van der Waals surface area contributed by atoms with Gasteiger partial charge in [-0.05, 0) is 32.1 Å². The molecule has 0 aromatic carbocycles. The molecule has 1 aromatic rings. The highest BCUT2D eigenvalue weighted by atomic mass is 19.1. The fraction of sp³-hybridized carbons (Fsp3) is 0.667. The molecule has 4 nitrogen and oxygen atoms in total. The largest absolute Gasteiger partial charge is 0.396 e. The first-order valence-electron chi connectivity index (χ1n) is 7.64. The third-order valence-electron chi connectivity index (χ3n) is 3.80. The van der Waals surface area contributed by atoms with Crippen LogP contribution >= 0.6 is 0 Å². The molecule has 2 N–H and O–H groups in total. The van der Waals surface area contributed by atoms with E-state index in [9.17, 15) is 8.78 Å². The van der Waals surface area contributed by atoms with Gasteiger partial charge in [-0.15, -0.1) is 0 Å². The minimum atomic E-state index is -0.657. The molecule has 0 spiro atoms. The van der Waals surface area contributed by atoms with Crippen LogP contribution in [0.5, 0.6) is 0 Å². The third-order valence-corrected chi connectivity index (χ3v) is 3.80. The molecule has 1 fully saturated rings. The Kier molecular flexibility index (Phi) is 5.73. The Balaban J connectivity index is 2.20. The van der Waals surface area contributed by atoms with E-state index in [0.29, 0.717) is 13.0 Å². The molecule has 0 saturated carbocycles. The second-order valence-electron chi connectivity index (χ2n) is 5.41. The molecule has 0 radical (unpaired) electrons. The van der Waals surface area contributed by atoms with Gasteiger partial charge in [-0.1, -0.05) is 6.92 Å². The Labute approximate surface area is 124 Å². The molecule has 0 amide bonds. The summed E-state index contributed by atoms with van der Waals surface area (Å²) in [7, 11) is 0. The van der Waals surface area contributed by atoms with E-state index < -0.39 is 11.6 Å². The Hall–Kier alpha value is -1.43. The normalized spacial score (nSPS) is 18.3. The van der Waals surface area contributed by atoms with Gasteiger partial charge in [-0.2, -0.15) is 0 Å². The lowest BCUT2D eigenvalue weighted by molar-refractivity contribution is 0.279. The van der Waals surface area contributed by atoms with Gasteiger partial charge in [0, 0.05) is 31.8 Å². The van der Waals surface area contributed by atoms with Gasteiger partial charge in [-0.3, -0.25) is 0 Å². The Morgan fingerprint density at radius 3 is 2.95 bits per heavy atom. The number of hydrogen-bond acceptors (Lipinski definition) is 4. The molecule has 0 aliphatic carbocycles. The molecule has 2 rings (SSSR count). The van der Waals surface area contributed by atoms with Crippen molar-refractivity contribution in [1.82, 2.24) is 4.98 Å². The van der Waals surface area contributed by atoms with E-state index in [1.165, 1.54) is 0 Å². The van der Waals surface area contributed by atoms with Crippen LogP contribution in [0.1, 0.15) is 39.0 Å². The highest BCUT2D eigenvalue weighted by Crippen LogP contribution is 2.30. The van der Waals surface area contributed by atoms with Crippen LogP contribution in [0.3, 0.4) is 0 Å². The quantitative estimate of drug-likeness (QED) is 0.813. The Morgan fingerprint density at radius 2 is 2.24 bits per heavy atom. The van der Waals surface area contributed by atoms with Crippen molar-refractivity contribution in [3.63, 3.8) is 0 Å². The van der Waals surface area contributed by atoms with E-state index >= 15 is 0 Å². The van der Waals surface area contributed by atoms with E-state index in [1.54, 1.807) is 0 Å². The van der Waals surface area contributed by atoms with Crippen molar-refractivity contribution in [3.8, 4) is 0 Å². The maximum Gasteiger partial charge on any atom is 0.168 e. The highest BCUT2D eigenvalue weighted by molar-refractivity contribution is 5.50. The number of halogens is 2.